The zero-order chi connectivity index (χ0) is 24.9. The van der Waals surface area contributed by atoms with Crippen molar-refractivity contribution in [3.8, 4) is 17.2 Å². The van der Waals surface area contributed by atoms with Crippen LogP contribution < -0.4 is 16.1 Å². The number of carbonyl (C=O) groups is 1. The van der Waals surface area contributed by atoms with E-state index in [-0.39, 0.29) is 42.7 Å². The number of aromatic nitrogens is 5. The standard InChI is InChI=1S/C25H26N6O4/c1-4-17-11-9-10-14-19(17)29(3)21(32)16-15-20-26-23(28-35-20)22-24(33)30(5-2)25(34)31(27-22)18-12-7-6-8-13-18/h6-14H,4-5,15-16H2,1-3H3. The maximum absolute atomic E-state index is 12.9. The Morgan fingerprint density at radius 2 is 1.74 bits per heavy atom. The van der Waals surface area contributed by atoms with Crippen LogP contribution in [0.3, 0.4) is 0 Å². The summed E-state index contributed by atoms with van der Waals surface area (Å²) in [5, 5.41) is 8.12. The predicted octanol–water partition coefficient (Wildman–Crippen LogP) is 2.62. The molecule has 2 aromatic carbocycles. The van der Waals surface area contributed by atoms with Gasteiger partial charge in [-0.05, 0) is 37.1 Å². The summed E-state index contributed by atoms with van der Waals surface area (Å²) in [6.07, 6.45) is 1.16. The van der Waals surface area contributed by atoms with Crippen LogP contribution >= 0.6 is 0 Å². The zero-order valence-electron chi connectivity index (χ0n) is 19.8. The first-order valence-corrected chi connectivity index (χ1v) is 11.4. The van der Waals surface area contributed by atoms with E-state index in [9.17, 15) is 14.4 Å². The van der Waals surface area contributed by atoms with Crippen LogP contribution in [0.25, 0.3) is 17.2 Å². The summed E-state index contributed by atoms with van der Waals surface area (Å²) in [5.74, 6) is 0.0657. The Kier molecular flexibility index (Phi) is 7.00. The second kappa shape index (κ2) is 10.3. The van der Waals surface area contributed by atoms with E-state index < -0.39 is 11.2 Å². The largest absolute Gasteiger partial charge is 0.352 e. The maximum atomic E-state index is 12.9. The number of hydrogen-bond donors (Lipinski definition) is 0. The molecule has 0 aliphatic carbocycles. The number of carbonyl (C=O) groups excluding carboxylic acids is 1. The number of aryl methyl sites for hydroxylation is 2. The molecule has 180 valence electrons. The second-order valence-corrected chi connectivity index (χ2v) is 7.87. The average Bonchev–Trinajstić information content (AvgIpc) is 3.36. The molecule has 0 spiro atoms. The van der Waals surface area contributed by atoms with Crippen molar-refractivity contribution >= 4 is 11.6 Å². The molecule has 0 aliphatic rings. The SMILES string of the molecule is CCc1ccccc1N(C)C(=O)CCc1nc(-c2nn(-c3ccccc3)c(=O)n(CC)c2=O)no1. The molecule has 0 N–H and O–H groups in total. The van der Waals surface area contributed by atoms with E-state index >= 15 is 0 Å². The van der Waals surface area contributed by atoms with E-state index in [0.717, 1.165) is 26.9 Å². The van der Waals surface area contributed by atoms with Crippen molar-refractivity contribution in [2.24, 2.45) is 0 Å². The van der Waals surface area contributed by atoms with Gasteiger partial charge in [0.05, 0.1) is 5.69 Å². The second-order valence-electron chi connectivity index (χ2n) is 7.87. The molecule has 0 aliphatic heterocycles. The third-order valence-electron chi connectivity index (χ3n) is 5.72. The van der Waals surface area contributed by atoms with Crippen LogP contribution in [0, 0.1) is 0 Å². The molecule has 0 atom stereocenters. The van der Waals surface area contributed by atoms with Crippen LogP contribution in [0.5, 0.6) is 0 Å². The van der Waals surface area contributed by atoms with Crippen LogP contribution in [0.4, 0.5) is 5.69 Å². The van der Waals surface area contributed by atoms with Crippen molar-refractivity contribution < 1.29 is 9.32 Å². The molecule has 0 bridgehead atoms. The summed E-state index contributed by atoms with van der Waals surface area (Å²) in [6, 6.07) is 16.5. The Bertz CT molecular complexity index is 1450. The molecule has 0 fully saturated rings. The Morgan fingerprint density at radius 3 is 2.46 bits per heavy atom. The van der Waals surface area contributed by atoms with Gasteiger partial charge in [0.2, 0.25) is 17.6 Å². The molecule has 1 amide bonds. The highest BCUT2D eigenvalue weighted by atomic mass is 16.5. The van der Waals surface area contributed by atoms with Crippen molar-refractivity contribution in [2.45, 2.75) is 39.7 Å². The lowest BCUT2D eigenvalue weighted by atomic mass is 10.1. The summed E-state index contributed by atoms with van der Waals surface area (Å²) in [7, 11) is 1.74. The Labute approximate surface area is 201 Å². The third-order valence-corrected chi connectivity index (χ3v) is 5.72. The van der Waals surface area contributed by atoms with Gasteiger partial charge in [-0.25, -0.2) is 4.79 Å². The third kappa shape index (κ3) is 4.81. The highest BCUT2D eigenvalue weighted by molar-refractivity contribution is 5.93. The maximum Gasteiger partial charge on any atom is 0.352 e. The molecule has 0 unspecified atom stereocenters. The van der Waals surface area contributed by atoms with Gasteiger partial charge in [0, 0.05) is 32.1 Å². The molecule has 4 rings (SSSR count). The fourth-order valence-corrected chi connectivity index (χ4v) is 3.78. The number of rotatable bonds is 8. The lowest BCUT2D eigenvalue weighted by Gasteiger charge is -2.20. The Morgan fingerprint density at radius 1 is 1.03 bits per heavy atom. The van der Waals surface area contributed by atoms with Crippen molar-refractivity contribution in [2.75, 3.05) is 11.9 Å². The summed E-state index contributed by atoms with van der Waals surface area (Å²) in [6.45, 7) is 3.89. The molecular formula is C25H26N6O4. The number of nitrogens with zero attached hydrogens (tertiary/aromatic N) is 6. The Hall–Kier alpha value is -4.34. The van der Waals surface area contributed by atoms with E-state index in [2.05, 4.69) is 15.2 Å². The van der Waals surface area contributed by atoms with Crippen LogP contribution in [0.15, 0.2) is 68.7 Å². The van der Waals surface area contributed by atoms with Crippen molar-refractivity contribution in [1.29, 1.82) is 0 Å². The minimum absolute atomic E-state index is 0.0333. The summed E-state index contributed by atoms with van der Waals surface area (Å²) < 4.78 is 7.50. The highest BCUT2D eigenvalue weighted by Gasteiger charge is 2.21. The van der Waals surface area contributed by atoms with Gasteiger partial charge in [-0.15, -0.1) is 0 Å². The predicted molar refractivity (Wildman–Crippen MR) is 131 cm³/mol. The molecule has 4 aromatic rings. The molecule has 2 aromatic heterocycles. The van der Waals surface area contributed by atoms with E-state index in [1.807, 2.05) is 37.3 Å². The molecule has 0 radical (unpaired) electrons. The van der Waals surface area contributed by atoms with E-state index in [1.165, 1.54) is 0 Å². The lowest BCUT2D eigenvalue weighted by Crippen LogP contribution is -2.41. The van der Waals surface area contributed by atoms with E-state index in [4.69, 9.17) is 4.52 Å². The highest BCUT2D eigenvalue weighted by Crippen LogP contribution is 2.21. The monoisotopic (exact) mass is 474 g/mol. The quantitative estimate of drug-likeness (QED) is 0.385. The van der Waals surface area contributed by atoms with Crippen molar-refractivity contribution in [3.05, 3.63) is 86.9 Å². The smallest absolute Gasteiger partial charge is 0.339 e. The minimum atomic E-state index is -0.607. The number of para-hydroxylation sites is 2. The molecule has 0 saturated carbocycles. The van der Waals surface area contributed by atoms with Gasteiger partial charge in [0.1, 0.15) is 0 Å². The molecule has 10 nitrogen and oxygen atoms in total. The van der Waals surface area contributed by atoms with Gasteiger partial charge in [-0.2, -0.15) is 14.8 Å². The lowest BCUT2D eigenvalue weighted by molar-refractivity contribution is -0.118. The zero-order valence-corrected chi connectivity index (χ0v) is 19.8. The van der Waals surface area contributed by atoms with Crippen LogP contribution in [0.2, 0.25) is 0 Å². The number of hydrogen-bond acceptors (Lipinski definition) is 7. The van der Waals surface area contributed by atoms with Gasteiger partial charge < -0.3 is 9.42 Å². The molecular weight excluding hydrogens is 448 g/mol. The van der Waals surface area contributed by atoms with Gasteiger partial charge in [-0.1, -0.05) is 48.5 Å². The van der Waals surface area contributed by atoms with Crippen molar-refractivity contribution in [1.82, 2.24) is 24.5 Å². The van der Waals surface area contributed by atoms with Gasteiger partial charge in [-0.3, -0.25) is 14.2 Å². The molecule has 0 saturated heterocycles. The normalized spacial score (nSPS) is 10.9. The molecule has 10 heteroatoms. The van der Waals surface area contributed by atoms with E-state index in [1.54, 1.807) is 43.1 Å². The van der Waals surface area contributed by atoms with Crippen molar-refractivity contribution in [3.63, 3.8) is 0 Å². The first-order valence-electron chi connectivity index (χ1n) is 11.4. The number of amides is 1. The van der Waals surface area contributed by atoms with Gasteiger partial charge >= 0.3 is 5.69 Å². The Balaban J connectivity index is 1.57. The first kappa shape index (κ1) is 23.8. The number of anilines is 1. The number of benzene rings is 2. The fourth-order valence-electron chi connectivity index (χ4n) is 3.78. The summed E-state index contributed by atoms with van der Waals surface area (Å²) >= 11 is 0. The average molecular weight is 475 g/mol. The topological polar surface area (TPSA) is 116 Å². The molecule has 35 heavy (non-hydrogen) atoms. The minimum Gasteiger partial charge on any atom is -0.339 e. The van der Waals surface area contributed by atoms with Crippen LogP contribution in [-0.2, 0) is 24.2 Å². The summed E-state index contributed by atoms with van der Waals surface area (Å²) in [4.78, 5) is 44.3. The summed E-state index contributed by atoms with van der Waals surface area (Å²) in [5.41, 5.74) is 1.17. The van der Waals surface area contributed by atoms with Crippen LogP contribution in [0.1, 0.15) is 31.7 Å². The fraction of sp³-hybridized carbons (Fsp3) is 0.280. The first-order chi connectivity index (χ1) is 16.9. The van der Waals surface area contributed by atoms with E-state index in [0.29, 0.717) is 5.69 Å². The van der Waals surface area contributed by atoms with Crippen LogP contribution in [-0.4, -0.2) is 37.4 Å². The van der Waals surface area contributed by atoms with Gasteiger partial charge in [0.15, 0.2) is 5.69 Å². The molecule has 2 heterocycles. The van der Waals surface area contributed by atoms with Gasteiger partial charge in [0.25, 0.3) is 5.56 Å².